The number of rotatable bonds is 1. The van der Waals surface area contributed by atoms with Crippen molar-refractivity contribution in [2.75, 3.05) is 5.73 Å². The molecule has 0 aromatic heterocycles. The predicted molar refractivity (Wildman–Crippen MR) is 167 cm³/mol. The highest BCUT2D eigenvalue weighted by Crippen LogP contribution is 2.51. The summed E-state index contributed by atoms with van der Waals surface area (Å²) >= 11 is 4.07. The first kappa shape index (κ1) is 24.3. The van der Waals surface area contributed by atoms with Gasteiger partial charge in [-0.3, -0.25) is 0 Å². The van der Waals surface area contributed by atoms with Gasteiger partial charge in [0.15, 0.2) is 0 Å². The van der Waals surface area contributed by atoms with Gasteiger partial charge in [0.1, 0.15) is 0 Å². The summed E-state index contributed by atoms with van der Waals surface area (Å²) in [6.07, 6.45) is 0. The zero-order valence-electron chi connectivity index (χ0n) is 22.0. The van der Waals surface area contributed by atoms with E-state index in [2.05, 4.69) is 124 Å². The molecule has 0 radical (unpaired) electrons. The van der Waals surface area contributed by atoms with Gasteiger partial charge in [-0.25, -0.2) is 0 Å². The van der Waals surface area contributed by atoms with E-state index < -0.39 is 0 Å². The van der Waals surface area contributed by atoms with Crippen molar-refractivity contribution < 1.29 is 0 Å². The van der Waals surface area contributed by atoms with E-state index >= 15 is 0 Å². The van der Waals surface area contributed by atoms with E-state index in [1.54, 1.807) is 0 Å². The molecule has 0 atom stereocenters. The number of benzene rings is 6. The van der Waals surface area contributed by atoms with Crippen LogP contribution in [0.5, 0.6) is 0 Å². The smallest absolute Gasteiger partial charge is 0.0449 e. The van der Waals surface area contributed by atoms with E-state index in [4.69, 9.17) is 5.73 Å². The lowest BCUT2D eigenvalue weighted by molar-refractivity contribution is 0.661. The van der Waals surface area contributed by atoms with Crippen LogP contribution in [0.1, 0.15) is 30.5 Å². The van der Waals surface area contributed by atoms with Gasteiger partial charge in [0.05, 0.1) is 0 Å². The summed E-state index contributed by atoms with van der Waals surface area (Å²) in [5.41, 5.74) is 15.8. The molecule has 38 heavy (non-hydrogen) atoms. The van der Waals surface area contributed by atoms with Gasteiger partial charge in [0, 0.05) is 16.0 Å². The molecule has 0 spiro atoms. The molecule has 0 unspecified atom stereocenters. The molecule has 1 aliphatic rings. The highest BCUT2D eigenvalue weighted by molar-refractivity contribution is 7.80. The Hall–Kier alpha value is -4.01. The lowest BCUT2D eigenvalue weighted by atomic mass is 9.80. The maximum Gasteiger partial charge on any atom is 0.0449 e. The summed E-state index contributed by atoms with van der Waals surface area (Å²) < 4.78 is 0. The molecule has 1 aliphatic carbocycles. The molecule has 1 nitrogen and oxygen atoms in total. The third kappa shape index (κ3) is 3.88. The van der Waals surface area contributed by atoms with Crippen LogP contribution in [0, 0.1) is 6.92 Å². The third-order valence-corrected chi connectivity index (χ3v) is 8.40. The molecule has 2 heteroatoms. The van der Waals surface area contributed by atoms with Crippen LogP contribution < -0.4 is 5.73 Å². The average molecular weight is 510 g/mol. The first-order chi connectivity index (χ1) is 18.4. The fourth-order valence-corrected chi connectivity index (χ4v) is 6.15. The minimum Gasteiger partial charge on any atom is -0.398 e. The number of nitrogens with two attached hydrogens (primary N) is 1. The lowest BCUT2D eigenvalue weighted by Gasteiger charge is -2.23. The Morgan fingerprint density at radius 1 is 0.579 bits per heavy atom. The van der Waals surface area contributed by atoms with Gasteiger partial charge < -0.3 is 5.73 Å². The first-order valence-electron chi connectivity index (χ1n) is 13.1. The summed E-state index contributed by atoms with van der Waals surface area (Å²) in [5, 5.41) is 5.40. The number of nitrogen functional groups attached to an aromatic ring is 1. The molecule has 2 N–H and O–H groups in total. The van der Waals surface area contributed by atoms with Crippen LogP contribution in [-0.2, 0) is 5.41 Å². The maximum atomic E-state index is 5.44. The quantitative estimate of drug-likeness (QED) is 0.129. The number of thiol groups is 1. The van der Waals surface area contributed by atoms with Gasteiger partial charge in [0.2, 0.25) is 0 Å². The number of aryl methyl sites for hydroxylation is 1. The normalized spacial score (nSPS) is 13.1. The largest absolute Gasteiger partial charge is 0.398 e. The highest BCUT2D eigenvalue weighted by atomic mass is 32.1. The topological polar surface area (TPSA) is 26.0 Å². The number of fused-ring (bicyclic) bond motifs is 5. The first-order valence-corrected chi connectivity index (χ1v) is 13.5. The van der Waals surface area contributed by atoms with Crippen molar-refractivity contribution in [2.24, 2.45) is 0 Å². The van der Waals surface area contributed by atoms with Crippen LogP contribution >= 0.6 is 12.6 Å². The zero-order chi connectivity index (χ0) is 26.4. The second-order valence-electron chi connectivity index (χ2n) is 10.6. The van der Waals surface area contributed by atoms with E-state index in [1.165, 1.54) is 60.5 Å². The highest BCUT2D eigenvalue weighted by Gasteiger charge is 2.35. The van der Waals surface area contributed by atoms with Crippen LogP contribution in [0.15, 0.2) is 120 Å². The zero-order valence-corrected chi connectivity index (χ0v) is 22.9. The number of hydrogen-bond donors (Lipinski definition) is 2. The minimum absolute atomic E-state index is 0.00756. The summed E-state index contributed by atoms with van der Waals surface area (Å²) in [4.78, 5) is 0.840. The SMILES string of the molecule is Cc1c2ccccc2c(-c2ccccc2)c2cc3c(cc12)-c1ccccc1C3(C)C.Nc1ccccc1S. The van der Waals surface area contributed by atoms with Crippen molar-refractivity contribution in [3.05, 3.63) is 132 Å². The molecule has 0 amide bonds. The number of para-hydroxylation sites is 1. The Morgan fingerprint density at radius 2 is 1.21 bits per heavy atom. The van der Waals surface area contributed by atoms with Crippen molar-refractivity contribution >= 4 is 39.9 Å². The van der Waals surface area contributed by atoms with Gasteiger partial charge >= 0.3 is 0 Å². The van der Waals surface area contributed by atoms with E-state index in [1.807, 2.05) is 24.3 Å². The monoisotopic (exact) mass is 509 g/mol. The summed E-state index contributed by atoms with van der Waals surface area (Å²) in [6.45, 7) is 7.00. The van der Waals surface area contributed by atoms with E-state index in [0.717, 1.165) is 10.6 Å². The third-order valence-electron chi connectivity index (χ3n) is 7.99. The molecule has 0 saturated carbocycles. The molecule has 0 bridgehead atoms. The molecule has 0 fully saturated rings. The molecule has 6 aromatic rings. The fourth-order valence-electron chi connectivity index (χ4n) is 5.99. The average Bonchev–Trinajstić information content (AvgIpc) is 3.17. The Morgan fingerprint density at radius 3 is 1.92 bits per heavy atom. The van der Waals surface area contributed by atoms with Crippen LogP contribution in [-0.4, -0.2) is 0 Å². The van der Waals surface area contributed by atoms with Gasteiger partial charge in [-0.1, -0.05) is 105 Å². The lowest BCUT2D eigenvalue weighted by Crippen LogP contribution is -2.14. The second-order valence-corrected chi connectivity index (χ2v) is 11.1. The Balaban J connectivity index is 0.000000285. The molecule has 0 saturated heterocycles. The molecular weight excluding hydrogens is 478 g/mol. The number of anilines is 1. The molecule has 6 aromatic carbocycles. The number of hydrogen-bond acceptors (Lipinski definition) is 2. The van der Waals surface area contributed by atoms with Gasteiger partial charge in [-0.15, -0.1) is 12.6 Å². The van der Waals surface area contributed by atoms with E-state index in [0.29, 0.717) is 0 Å². The van der Waals surface area contributed by atoms with Crippen molar-refractivity contribution in [3.63, 3.8) is 0 Å². The summed E-state index contributed by atoms with van der Waals surface area (Å²) in [5.74, 6) is 0. The van der Waals surface area contributed by atoms with Crippen molar-refractivity contribution in [2.45, 2.75) is 31.1 Å². The van der Waals surface area contributed by atoms with E-state index in [-0.39, 0.29) is 5.41 Å². The van der Waals surface area contributed by atoms with Crippen molar-refractivity contribution in [1.29, 1.82) is 0 Å². The van der Waals surface area contributed by atoms with Crippen LogP contribution in [0.2, 0.25) is 0 Å². The van der Waals surface area contributed by atoms with Gasteiger partial charge in [-0.2, -0.15) is 0 Å². The molecular formula is C36H31NS. The Bertz CT molecular complexity index is 1790. The minimum atomic E-state index is 0.00756. The predicted octanol–water partition coefficient (Wildman–Crippen LogP) is 9.83. The molecule has 0 heterocycles. The Labute approximate surface area is 230 Å². The Kier molecular flexibility index (Phi) is 6.01. The van der Waals surface area contributed by atoms with E-state index in [9.17, 15) is 0 Å². The fraction of sp³-hybridized carbons (Fsp3) is 0.111. The summed E-state index contributed by atoms with van der Waals surface area (Å²) in [7, 11) is 0. The van der Waals surface area contributed by atoms with Crippen molar-refractivity contribution in [3.8, 4) is 22.3 Å². The molecule has 186 valence electrons. The second kappa shape index (κ2) is 9.38. The standard InChI is InChI=1S/C30H24.C6H7NS/c1-19-21-13-7-8-15-23(21)29(20-11-5-4-6-12-20)26-18-28-25(17-24(19)26)22-14-9-10-16-27(22)30(28,2)3;7-5-3-1-2-4-6(5)8/h4-18H,1-3H3;1-4,8H,7H2. The van der Waals surface area contributed by atoms with Crippen LogP contribution in [0.4, 0.5) is 5.69 Å². The molecule has 7 rings (SSSR count). The van der Waals surface area contributed by atoms with Crippen LogP contribution in [0.3, 0.4) is 0 Å². The summed E-state index contributed by atoms with van der Waals surface area (Å²) in [6, 6.07) is 41.0. The molecule has 0 aliphatic heterocycles. The van der Waals surface area contributed by atoms with Gasteiger partial charge in [0.25, 0.3) is 0 Å². The van der Waals surface area contributed by atoms with Gasteiger partial charge in [-0.05, 0) is 91.7 Å². The van der Waals surface area contributed by atoms with Crippen LogP contribution in [0.25, 0.3) is 43.8 Å². The van der Waals surface area contributed by atoms with Crippen molar-refractivity contribution in [1.82, 2.24) is 0 Å². The maximum absolute atomic E-state index is 5.44.